The molecule has 1 amide bonds. The van der Waals surface area contributed by atoms with Crippen LogP contribution in [0.3, 0.4) is 0 Å². The summed E-state index contributed by atoms with van der Waals surface area (Å²) < 4.78 is 0. The third-order valence-electron chi connectivity index (χ3n) is 3.63. The fourth-order valence-electron chi connectivity index (χ4n) is 2.42. The summed E-state index contributed by atoms with van der Waals surface area (Å²) in [7, 11) is 0. The van der Waals surface area contributed by atoms with Crippen molar-refractivity contribution in [2.24, 2.45) is 4.99 Å². The lowest BCUT2D eigenvalue weighted by Crippen LogP contribution is -2.36. The maximum Gasteiger partial charge on any atom is 0.258 e. The number of carbonyl (C=O) groups is 1. The van der Waals surface area contributed by atoms with Gasteiger partial charge in [-0.2, -0.15) is 4.99 Å². The Morgan fingerprint density at radius 1 is 0.929 bits per heavy atom. The zero-order valence-corrected chi connectivity index (χ0v) is 16.7. The van der Waals surface area contributed by atoms with Crippen LogP contribution in [-0.2, 0) is 0 Å². The number of aromatic nitrogens is 2. The third-order valence-corrected chi connectivity index (χ3v) is 4.37. The zero-order valence-electron chi connectivity index (χ0n) is 15.2. The van der Waals surface area contributed by atoms with Gasteiger partial charge in [-0.3, -0.25) is 10.1 Å². The second-order valence-corrected chi connectivity index (χ2v) is 6.80. The number of halogens is 2. The second-order valence-electron chi connectivity index (χ2n) is 5.99. The van der Waals surface area contributed by atoms with Gasteiger partial charge < -0.3 is 5.32 Å². The summed E-state index contributed by atoms with van der Waals surface area (Å²) in [6.07, 6.45) is 0. The molecule has 0 saturated carbocycles. The zero-order chi connectivity index (χ0) is 20.1. The van der Waals surface area contributed by atoms with Gasteiger partial charge >= 0.3 is 0 Å². The van der Waals surface area contributed by atoms with Crippen LogP contribution in [0.5, 0.6) is 0 Å². The molecule has 0 aliphatic carbocycles. The molecule has 8 heteroatoms. The number of rotatable bonds is 3. The summed E-state index contributed by atoms with van der Waals surface area (Å²) in [6.45, 7) is 3.71. The van der Waals surface area contributed by atoms with Crippen molar-refractivity contribution in [1.29, 1.82) is 0 Å². The summed E-state index contributed by atoms with van der Waals surface area (Å²) in [5.41, 5.74) is 2.65. The molecular formula is C20H17Cl2N5O. The summed E-state index contributed by atoms with van der Waals surface area (Å²) >= 11 is 11.9. The third kappa shape index (κ3) is 5.28. The Bertz CT molecular complexity index is 1020. The molecule has 2 N–H and O–H groups in total. The SMILES string of the molecule is Cc1cc(C)nc(/N=C(\NC(=O)c2ccc(Cl)c(Cl)c2)Nc2ccccc2)n1. The molecular weight excluding hydrogens is 397 g/mol. The van der Waals surface area contributed by atoms with Gasteiger partial charge in [-0.25, -0.2) is 9.97 Å². The van der Waals surface area contributed by atoms with Crippen molar-refractivity contribution in [3.8, 4) is 0 Å². The van der Waals surface area contributed by atoms with Gasteiger partial charge in [0.2, 0.25) is 5.96 Å². The molecule has 0 unspecified atom stereocenters. The van der Waals surface area contributed by atoms with E-state index in [1.807, 2.05) is 50.2 Å². The smallest absolute Gasteiger partial charge is 0.258 e. The Morgan fingerprint density at radius 3 is 2.25 bits per heavy atom. The predicted octanol–water partition coefficient (Wildman–Crippen LogP) is 4.93. The standard InChI is InChI=1S/C20H17Cl2N5O/c1-12-10-13(2)24-19(23-12)27-20(25-15-6-4-3-5-7-15)26-18(28)14-8-9-16(21)17(22)11-14/h3-11H,1-2H3,(H2,23,24,25,26,27,28). The van der Waals surface area contributed by atoms with E-state index in [-0.39, 0.29) is 11.9 Å². The Morgan fingerprint density at radius 2 is 1.61 bits per heavy atom. The van der Waals surface area contributed by atoms with Gasteiger partial charge in [0.25, 0.3) is 11.9 Å². The van der Waals surface area contributed by atoms with Crippen LogP contribution >= 0.6 is 23.2 Å². The Kier molecular flexibility index (Phi) is 6.23. The van der Waals surface area contributed by atoms with Crippen LogP contribution in [0.2, 0.25) is 10.0 Å². The molecule has 0 saturated heterocycles. The van der Waals surface area contributed by atoms with Crippen LogP contribution in [0.15, 0.2) is 59.6 Å². The number of nitrogens with one attached hydrogen (secondary N) is 2. The summed E-state index contributed by atoms with van der Waals surface area (Å²) in [5, 5.41) is 6.47. The molecule has 142 valence electrons. The molecule has 28 heavy (non-hydrogen) atoms. The highest BCUT2D eigenvalue weighted by Gasteiger charge is 2.12. The second kappa shape index (κ2) is 8.82. The summed E-state index contributed by atoms with van der Waals surface area (Å²) in [4.78, 5) is 25.6. The highest BCUT2D eigenvalue weighted by Crippen LogP contribution is 2.22. The normalized spacial score (nSPS) is 11.2. The number of nitrogens with zero attached hydrogens (tertiary/aromatic N) is 3. The molecule has 0 aliphatic rings. The molecule has 6 nitrogen and oxygen atoms in total. The van der Waals surface area contributed by atoms with Crippen molar-refractivity contribution in [3.63, 3.8) is 0 Å². The molecule has 0 spiro atoms. The highest BCUT2D eigenvalue weighted by atomic mass is 35.5. The first-order valence-corrected chi connectivity index (χ1v) is 9.16. The van der Waals surface area contributed by atoms with E-state index in [0.717, 1.165) is 17.1 Å². The van der Waals surface area contributed by atoms with Gasteiger partial charge in [-0.15, -0.1) is 0 Å². The number of anilines is 1. The Hall–Kier alpha value is -2.96. The first kappa shape index (κ1) is 19.8. The average molecular weight is 414 g/mol. The maximum absolute atomic E-state index is 12.7. The number of guanidine groups is 1. The van der Waals surface area contributed by atoms with Gasteiger partial charge in [-0.1, -0.05) is 41.4 Å². The number of amides is 1. The van der Waals surface area contributed by atoms with Gasteiger partial charge in [-0.05, 0) is 50.2 Å². The van der Waals surface area contributed by atoms with Crippen LogP contribution in [0.1, 0.15) is 21.7 Å². The van der Waals surface area contributed by atoms with Gasteiger partial charge in [0.15, 0.2) is 0 Å². The molecule has 3 rings (SSSR count). The summed E-state index contributed by atoms with van der Waals surface area (Å²) in [6, 6.07) is 15.8. The molecule has 0 bridgehead atoms. The number of aryl methyl sites for hydroxylation is 2. The maximum atomic E-state index is 12.7. The van der Waals surface area contributed by atoms with E-state index in [1.54, 1.807) is 12.1 Å². The van der Waals surface area contributed by atoms with E-state index in [9.17, 15) is 4.79 Å². The van der Waals surface area contributed by atoms with E-state index in [0.29, 0.717) is 15.6 Å². The minimum Gasteiger partial charge on any atom is -0.326 e. The largest absolute Gasteiger partial charge is 0.326 e. The topological polar surface area (TPSA) is 79.3 Å². The lowest BCUT2D eigenvalue weighted by Gasteiger charge is -2.12. The van der Waals surface area contributed by atoms with Crippen LogP contribution in [0, 0.1) is 13.8 Å². The lowest BCUT2D eigenvalue weighted by atomic mass is 10.2. The van der Waals surface area contributed by atoms with Crippen LogP contribution < -0.4 is 10.6 Å². The minimum absolute atomic E-state index is 0.187. The molecule has 0 aliphatic heterocycles. The van der Waals surface area contributed by atoms with Crippen LogP contribution in [-0.4, -0.2) is 21.8 Å². The van der Waals surface area contributed by atoms with E-state index in [2.05, 4.69) is 25.6 Å². The molecule has 1 heterocycles. The molecule has 0 atom stereocenters. The Labute approximate surface area is 172 Å². The van der Waals surface area contributed by atoms with E-state index < -0.39 is 5.91 Å². The lowest BCUT2D eigenvalue weighted by molar-refractivity contribution is 0.0977. The Balaban J connectivity index is 1.92. The first-order chi connectivity index (χ1) is 13.4. The molecule has 2 aromatic carbocycles. The van der Waals surface area contributed by atoms with Crippen molar-refractivity contribution < 1.29 is 4.79 Å². The molecule has 0 fully saturated rings. The van der Waals surface area contributed by atoms with E-state index in [4.69, 9.17) is 23.2 Å². The fraction of sp³-hybridized carbons (Fsp3) is 0.100. The van der Waals surface area contributed by atoms with Crippen molar-refractivity contribution in [1.82, 2.24) is 15.3 Å². The number of benzene rings is 2. The molecule has 0 radical (unpaired) electrons. The van der Waals surface area contributed by atoms with Crippen molar-refractivity contribution in [3.05, 3.63) is 81.6 Å². The summed E-state index contributed by atoms with van der Waals surface area (Å²) in [5.74, 6) is 0.0303. The van der Waals surface area contributed by atoms with Crippen molar-refractivity contribution in [2.45, 2.75) is 13.8 Å². The van der Waals surface area contributed by atoms with Crippen molar-refractivity contribution >= 4 is 46.7 Å². The van der Waals surface area contributed by atoms with Gasteiger partial charge in [0, 0.05) is 22.6 Å². The number of hydrogen-bond acceptors (Lipinski definition) is 4. The van der Waals surface area contributed by atoms with Crippen molar-refractivity contribution in [2.75, 3.05) is 5.32 Å². The molecule has 3 aromatic rings. The minimum atomic E-state index is -0.398. The van der Waals surface area contributed by atoms with Gasteiger partial charge in [0.1, 0.15) is 0 Å². The van der Waals surface area contributed by atoms with Gasteiger partial charge in [0.05, 0.1) is 10.0 Å². The number of carbonyl (C=O) groups excluding carboxylic acids is 1. The predicted molar refractivity (Wildman–Crippen MR) is 113 cm³/mol. The van der Waals surface area contributed by atoms with Crippen LogP contribution in [0.25, 0.3) is 0 Å². The number of aliphatic imine (C=N–C) groups is 1. The fourth-order valence-corrected chi connectivity index (χ4v) is 2.72. The quantitative estimate of drug-likeness (QED) is 0.471. The van der Waals surface area contributed by atoms with E-state index in [1.165, 1.54) is 6.07 Å². The average Bonchev–Trinajstić information content (AvgIpc) is 2.64. The monoisotopic (exact) mass is 413 g/mol. The number of hydrogen-bond donors (Lipinski definition) is 2. The first-order valence-electron chi connectivity index (χ1n) is 8.40. The number of para-hydroxylation sites is 1. The van der Waals surface area contributed by atoms with E-state index >= 15 is 0 Å². The molecule has 1 aromatic heterocycles. The highest BCUT2D eigenvalue weighted by molar-refractivity contribution is 6.42. The van der Waals surface area contributed by atoms with Crippen LogP contribution in [0.4, 0.5) is 11.6 Å².